The molecule has 0 aliphatic heterocycles. The minimum atomic E-state index is -0.302. The standard InChI is InChI=1S/C21H21ClN4O/c1-15(2)26(13-16-7-4-3-5-8-16)20-12-19(23-14-24-20)21(27)25-18-10-6-9-17(22)11-18/h3-12,14-15H,13H2,1-2H3,(H,25,27). The van der Waals surface area contributed by atoms with E-state index in [1.807, 2.05) is 18.2 Å². The zero-order valence-electron chi connectivity index (χ0n) is 15.3. The van der Waals surface area contributed by atoms with E-state index in [-0.39, 0.29) is 11.9 Å². The van der Waals surface area contributed by atoms with Crippen molar-refractivity contribution in [3.8, 4) is 0 Å². The molecule has 27 heavy (non-hydrogen) atoms. The summed E-state index contributed by atoms with van der Waals surface area (Å²) in [6, 6.07) is 19.1. The Morgan fingerprint density at radius 3 is 2.56 bits per heavy atom. The molecule has 0 saturated carbocycles. The average molecular weight is 381 g/mol. The van der Waals surface area contributed by atoms with E-state index in [0.717, 1.165) is 0 Å². The molecule has 0 fully saturated rings. The molecule has 0 atom stereocenters. The molecular formula is C21H21ClN4O. The van der Waals surface area contributed by atoms with Crippen molar-refractivity contribution in [2.45, 2.75) is 26.4 Å². The molecule has 0 aliphatic carbocycles. The van der Waals surface area contributed by atoms with Crippen LogP contribution in [0.4, 0.5) is 11.5 Å². The van der Waals surface area contributed by atoms with E-state index >= 15 is 0 Å². The Morgan fingerprint density at radius 1 is 1.07 bits per heavy atom. The predicted molar refractivity (Wildman–Crippen MR) is 109 cm³/mol. The lowest BCUT2D eigenvalue weighted by Crippen LogP contribution is -2.31. The van der Waals surface area contributed by atoms with Crippen LogP contribution in [0.2, 0.25) is 5.02 Å². The molecule has 0 radical (unpaired) electrons. The monoisotopic (exact) mass is 380 g/mol. The second kappa shape index (κ2) is 8.64. The summed E-state index contributed by atoms with van der Waals surface area (Å²) >= 11 is 5.97. The first-order valence-corrected chi connectivity index (χ1v) is 9.10. The Morgan fingerprint density at radius 2 is 1.85 bits per heavy atom. The number of rotatable bonds is 6. The lowest BCUT2D eigenvalue weighted by Gasteiger charge is -2.28. The Balaban J connectivity index is 1.81. The quantitative estimate of drug-likeness (QED) is 0.667. The Kier molecular flexibility index (Phi) is 6.04. The maximum Gasteiger partial charge on any atom is 0.274 e. The summed E-state index contributed by atoms with van der Waals surface area (Å²) in [6.07, 6.45) is 1.42. The first kappa shape index (κ1) is 18.9. The van der Waals surface area contributed by atoms with Gasteiger partial charge >= 0.3 is 0 Å². The lowest BCUT2D eigenvalue weighted by atomic mass is 10.2. The van der Waals surface area contributed by atoms with E-state index in [0.29, 0.717) is 28.8 Å². The van der Waals surface area contributed by atoms with Gasteiger partial charge in [-0.05, 0) is 37.6 Å². The summed E-state index contributed by atoms with van der Waals surface area (Å²) < 4.78 is 0. The van der Waals surface area contributed by atoms with Gasteiger partial charge < -0.3 is 10.2 Å². The first-order chi connectivity index (χ1) is 13.0. The van der Waals surface area contributed by atoms with Gasteiger partial charge in [-0.1, -0.05) is 48.0 Å². The SMILES string of the molecule is CC(C)N(Cc1ccccc1)c1cc(C(=O)Nc2cccc(Cl)c2)ncn1. The van der Waals surface area contributed by atoms with Crippen LogP contribution >= 0.6 is 11.6 Å². The van der Waals surface area contributed by atoms with Gasteiger partial charge in [-0.25, -0.2) is 9.97 Å². The van der Waals surface area contributed by atoms with E-state index in [4.69, 9.17) is 11.6 Å². The van der Waals surface area contributed by atoms with Crippen molar-refractivity contribution in [1.82, 2.24) is 9.97 Å². The van der Waals surface area contributed by atoms with E-state index in [9.17, 15) is 4.79 Å². The summed E-state index contributed by atoms with van der Waals surface area (Å²) in [5, 5.41) is 3.37. The molecule has 0 unspecified atom stereocenters. The summed E-state index contributed by atoms with van der Waals surface area (Å²) in [4.78, 5) is 23.2. The van der Waals surface area contributed by atoms with E-state index in [1.165, 1.54) is 11.9 Å². The first-order valence-electron chi connectivity index (χ1n) is 8.72. The van der Waals surface area contributed by atoms with Crippen molar-refractivity contribution in [3.05, 3.63) is 83.3 Å². The summed E-state index contributed by atoms with van der Waals surface area (Å²) in [5.74, 6) is 0.407. The maximum atomic E-state index is 12.6. The van der Waals surface area contributed by atoms with Gasteiger partial charge in [-0.2, -0.15) is 0 Å². The molecule has 6 heteroatoms. The molecule has 1 N–H and O–H groups in total. The van der Waals surface area contributed by atoms with Gasteiger partial charge in [0.1, 0.15) is 17.8 Å². The molecule has 5 nitrogen and oxygen atoms in total. The molecule has 3 rings (SSSR count). The summed E-state index contributed by atoms with van der Waals surface area (Å²) in [5.41, 5.74) is 2.10. The van der Waals surface area contributed by atoms with Crippen LogP contribution in [-0.4, -0.2) is 21.9 Å². The largest absolute Gasteiger partial charge is 0.350 e. The third-order valence-corrected chi connectivity index (χ3v) is 4.32. The average Bonchev–Trinajstić information content (AvgIpc) is 2.67. The number of benzene rings is 2. The number of nitrogens with one attached hydrogen (secondary N) is 1. The van der Waals surface area contributed by atoms with Crippen LogP contribution in [0.3, 0.4) is 0 Å². The van der Waals surface area contributed by atoms with Crippen LogP contribution in [0.5, 0.6) is 0 Å². The Bertz CT molecular complexity index is 915. The molecular weight excluding hydrogens is 360 g/mol. The van der Waals surface area contributed by atoms with Gasteiger partial charge in [0.25, 0.3) is 5.91 Å². The summed E-state index contributed by atoms with van der Waals surface area (Å²) in [6.45, 7) is 4.89. The molecule has 0 aliphatic rings. The van der Waals surface area contributed by atoms with Crippen LogP contribution in [0.1, 0.15) is 29.9 Å². The van der Waals surface area contributed by atoms with Gasteiger partial charge in [0.2, 0.25) is 0 Å². The molecule has 0 spiro atoms. The smallest absolute Gasteiger partial charge is 0.274 e. The van der Waals surface area contributed by atoms with Crippen molar-refractivity contribution < 1.29 is 4.79 Å². The van der Waals surface area contributed by atoms with Crippen molar-refractivity contribution in [3.63, 3.8) is 0 Å². The highest BCUT2D eigenvalue weighted by molar-refractivity contribution is 6.30. The number of carbonyl (C=O) groups excluding carboxylic acids is 1. The second-order valence-electron chi connectivity index (χ2n) is 6.43. The number of amides is 1. The highest BCUT2D eigenvalue weighted by Gasteiger charge is 2.16. The highest BCUT2D eigenvalue weighted by atomic mass is 35.5. The fourth-order valence-electron chi connectivity index (χ4n) is 2.70. The molecule has 1 heterocycles. The zero-order valence-corrected chi connectivity index (χ0v) is 16.0. The number of halogens is 1. The molecule has 3 aromatic rings. The Hall–Kier alpha value is -2.92. The number of carbonyl (C=O) groups is 1. The number of anilines is 2. The van der Waals surface area contributed by atoms with Crippen molar-refractivity contribution in [2.75, 3.05) is 10.2 Å². The number of hydrogen-bond donors (Lipinski definition) is 1. The number of aromatic nitrogens is 2. The van der Waals surface area contributed by atoms with Gasteiger partial charge in [-0.15, -0.1) is 0 Å². The van der Waals surface area contributed by atoms with Gasteiger partial charge in [0.05, 0.1) is 0 Å². The van der Waals surface area contributed by atoms with Crippen LogP contribution in [0.15, 0.2) is 67.0 Å². The normalized spacial score (nSPS) is 10.7. The topological polar surface area (TPSA) is 58.1 Å². The molecule has 0 bridgehead atoms. The van der Waals surface area contributed by atoms with Crippen LogP contribution in [0, 0.1) is 0 Å². The zero-order chi connectivity index (χ0) is 19.2. The van der Waals surface area contributed by atoms with Crippen molar-refractivity contribution >= 4 is 29.0 Å². The maximum absolute atomic E-state index is 12.6. The van der Waals surface area contributed by atoms with Crippen LogP contribution in [-0.2, 0) is 6.54 Å². The lowest BCUT2D eigenvalue weighted by molar-refractivity contribution is 0.102. The van der Waals surface area contributed by atoms with E-state index in [2.05, 4.69) is 46.2 Å². The molecule has 0 saturated heterocycles. The second-order valence-corrected chi connectivity index (χ2v) is 6.87. The van der Waals surface area contributed by atoms with Crippen molar-refractivity contribution in [1.29, 1.82) is 0 Å². The third-order valence-electron chi connectivity index (χ3n) is 4.08. The summed E-state index contributed by atoms with van der Waals surface area (Å²) in [7, 11) is 0. The van der Waals surface area contributed by atoms with Gasteiger partial charge in [0, 0.05) is 29.4 Å². The molecule has 2 aromatic carbocycles. The molecule has 1 amide bonds. The highest BCUT2D eigenvalue weighted by Crippen LogP contribution is 2.19. The Labute approximate surface area is 164 Å². The number of hydrogen-bond acceptors (Lipinski definition) is 4. The van der Waals surface area contributed by atoms with E-state index in [1.54, 1.807) is 30.3 Å². The molecule has 138 valence electrons. The minimum absolute atomic E-state index is 0.212. The van der Waals surface area contributed by atoms with Crippen LogP contribution in [0.25, 0.3) is 0 Å². The number of nitrogens with zero attached hydrogens (tertiary/aromatic N) is 3. The van der Waals surface area contributed by atoms with Gasteiger partial charge in [0.15, 0.2) is 0 Å². The minimum Gasteiger partial charge on any atom is -0.350 e. The fraction of sp³-hybridized carbons (Fsp3) is 0.190. The van der Waals surface area contributed by atoms with Crippen LogP contribution < -0.4 is 10.2 Å². The fourth-order valence-corrected chi connectivity index (χ4v) is 2.89. The van der Waals surface area contributed by atoms with Crippen molar-refractivity contribution in [2.24, 2.45) is 0 Å². The van der Waals surface area contributed by atoms with Gasteiger partial charge in [-0.3, -0.25) is 4.79 Å². The van der Waals surface area contributed by atoms with E-state index < -0.39 is 0 Å². The predicted octanol–water partition coefficient (Wildman–Crippen LogP) is 4.80. The third kappa shape index (κ3) is 5.05. The molecule has 1 aromatic heterocycles.